The molecule has 8 nitrogen and oxygen atoms in total. The molecule has 9 heteroatoms. The summed E-state index contributed by atoms with van der Waals surface area (Å²) in [5, 5.41) is 5.19. The molecule has 2 aromatic carbocycles. The Balaban J connectivity index is 1.93. The van der Waals surface area contributed by atoms with Crippen LogP contribution in [0.3, 0.4) is 0 Å². The quantitative estimate of drug-likeness (QED) is 0.623. The van der Waals surface area contributed by atoms with Crippen molar-refractivity contribution in [3.05, 3.63) is 48.5 Å². The predicted molar refractivity (Wildman–Crippen MR) is 107 cm³/mol. The highest BCUT2D eigenvalue weighted by Crippen LogP contribution is 2.16. The van der Waals surface area contributed by atoms with Gasteiger partial charge in [-0.3, -0.25) is 4.79 Å². The summed E-state index contributed by atoms with van der Waals surface area (Å²) >= 11 is 0. The minimum atomic E-state index is -4.01. The molecule has 0 aliphatic carbocycles. The first-order valence-corrected chi connectivity index (χ1v) is 10.2. The highest BCUT2D eigenvalue weighted by Gasteiger charge is 2.17. The summed E-state index contributed by atoms with van der Waals surface area (Å²) in [6.45, 7) is 2.01. The van der Waals surface area contributed by atoms with Crippen LogP contribution in [-0.2, 0) is 14.8 Å². The monoisotopic (exact) mass is 405 g/mol. The number of unbranched alkanes of at least 4 members (excludes halogenated alkanes) is 1. The molecule has 0 heterocycles. The van der Waals surface area contributed by atoms with Gasteiger partial charge in [-0.2, -0.15) is 0 Å². The molecule has 2 aromatic rings. The van der Waals surface area contributed by atoms with Crippen molar-refractivity contribution in [3.8, 4) is 5.75 Å². The Kier molecular flexibility index (Phi) is 7.39. The Labute approximate surface area is 164 Å². The van der Waals surface area contributed by atoms with E-state index in [0.29, 0.717) is 23.5 Å². The lowest BCUT2D eigenvalue weighted by atomic mass is 10.2. The second-order valence-corrected chi connectivity index (χ2v) is 7.65. The summed E-state index contributed by atoms with van der Waals surface area (Å²) in [5.41, 5.74) is 0.979. The van der Waals surface area contributed by atoms with Gasteiger partial charge in [-0.1, -0.05) is 13.3 Å². The van der Waals surface area contributed by atoms with E-state index in [0.717, 1.165) is 12.8 Å². The number of methoxy groups -OCH3 is 1. The van der Waals surface area contributed by atoms with E-state index in [1.165, 1.54) is 31.4 Å². The lowest BCUT2D eigenvalue weighted by Gasteiger charge is -2.10. The molecule has 0 atom stereocenters. The third-order valence-electron chi connectivity index (χ3n) is 3.78. The molecule has 0 unspecified atom stereocenters. The summed E-state index contributed by atoms with van der Waals surface area (Å²) in [6, 6.07) is 11.1. The number of hydrogen-bond donors (Lipinski definition) is 3. The second-order valence-electron chi connectivity index (χ2n) is 5.96. The molecule has 0 saturated heterocycles. The molecule has 0 spiro atoms. The van der Waals surface area contributed by atoms with Gasteiger partial charge in [0, 0.05) is 17.8 Å². The number of benzene rings is 2. The van der Waals surface area contributed by atoms with Gasteiger partial charge in [-0.25, -0.2) is 17.9 Å². The first-order chi connectivity index (χ1) is 13.3. The van der Waals surface area contributed by atoms with Crippen molar-refractivity contribution in [3.63, 3.8) is 0 Å². The van der Waals surface area contributed by atoms with E-state index in [9.17, 15) is 18.0 Å². The van der Waals surface area contributed by atoms with Gasteiger partial charge in [0.25, 0.3) is 10.0 Å². The predicted octanol–water partition coefficient (Wildman–Crippen LogP) is 3.33. The maximum atomic E-state index is 12.2. The number of urea groups is 1. The average molecular weight is 405 g/mol. The molecule has 0 radical (unpaired) electrons. The van der Waals surface area contributed by atoms with Crippen molar-refractivity contribution >= 4 is 33.3 Å². The van der Waals surface area contributed by atoms with Gasteiger partial charge in [-0.15, -0.1) is 0 Å². The molecule has 2 rings (SSSR count). The van der Waals surface area contributed by atoms with Crippen LogP contribution in [0.4, 0.5) is 16.2 Å². The van der Waals surface area contributed by atoms with E-state index in [1.807, 2.05) is 11.6 Å². The van der Waals surface area contributed by atoms with Crippen molar-refractivity contribution in [2.75, 3.05) is 17.7 Å². The van der Waals surface area contributed by atoms with Gasteiger partial charge in [0.1, 0.15) is 5.75 Å². The maximum absolute atomic E-state index is 12.2. The lowest BCUT2D eigenvalue weighted by Crippen LogP contribution is -2.34. The Hall–Kier alpha value is -3.07. The van der Waals surface area contributed by atoms with Crippen LogP contribution < -0.4 is 20.1 Å². The van der Waals surface area contributed by atoms with Crippen LogP contribution in [0.5, 0.6) is 5.75 Å². The topological polar surface area (TPSA) is 114 Å². The molecule has 0 fully saturated rings. The molecular weight excluding hydrogens is 382 g/mol. The van der Waals surface area contributed by atoms with Gasteiger partial charge in [0.15, 0.2) is 0 Å². The standard InChI is InChI=1S/C19H23N3O5S/c1-3-4-5-18(23)20-14-6-8-15(9-7-14)21-19(24)22-28(25,26)17-12-10-16(27-2)11-13-17/h6-13H,3-5H2,1-2H3,(H,20,23)(H2,21,22,24). The van der Waals surface area contributed by atoms with Crippen LogP contribution in [0.2, 0.25) is 0 Å². The molecular formula is C19H23N3O5S. The highest BCUT2D eigenvalue weighted by molar-refractivity contribution is 7.90. The molecule has 0 aromatic heterocycles. The van der Waals surface area contributed by atoms with E-state index in [2.05, 4.69) is 10.6 Å². The Bertz CT molecular complexity index is 910. The summed E-state index contributed by atoms with van der Waals surface area (Å²) in [7, 11) is -2.54. The number of sulfonamides is 1. The fraction of sp³-hybridized carbons (Fsp3) is 0.263. The van der Waals surface area contributed by atoms with E-state index >= 15 is 0 Å². The zero-order valence-corrected chi connectivity index (χ0v) is 16.5. The van der Waals surface area contributed by atoms with Gasteiger partial charge in [0.05, 0.1) is 12.0 Å². The van der Waals surface area contributed by atoms with E-state index in [4.69, 9.17) is 4.74 Å². The largest absolute Gasteiger partial charge is 0.497 e. The number of carbonyl (C=O) groups is 2. The van der Waals surface area contributed by atoms with Gasteiger partial charge in [-0.05, 0) is 55.0 Å². The van der Waals surface area contributed by atoms with Crippen LogP contribution in [0.15, 0.2) is 53.4 Å². The molecule has 3 amide bonds. The minimum absolute atomic E-state index is 0.0615. The third kappa shape index (κ3) is 6.27. The Morgan fingerprint density at radius 3 is 2.04 bits per heavy atom. The van der Waals surface area contributed by atoms with Crippen molar-refractivity contribution in [1.29, 1.82) is 0 Å². The van der Waals surface area contributed by atoms with Gasteiger partial charge in [0.2, 0.25) is 5.91 Å². The summed E-state index contributed by atoms with van der Waals surface area (Å²) in [5.74, 6) is 0.427. The number of carbonyl (C=O) groups excluding carboxylic acids is 2. The summed E-state index contributed by atoms with van der Waals surface area (Å²) in [4.78, 5) is 23.6. The first kappa shape index (κ1) is 21.2. The number of ether oxygens (including phenoxy) is 1. The number of rotatable bonds is 8. The SMILES string of the molecule is CCCCC(=O)Nc1ccc(NC(=O)NS(=O)(=O)c2ccc(OC)cc2)cc1. The van der Waals surface area contributed by atoms with Gasteiger partial charge >= 0.3 is 6.03 Å². The van der Waals surface area contributed by atoms with Crippen LogP contribution in [-0.4, -0.2) is 27.5 Å². The van der Waals surface area contributed by atoms with Gasteiger partial charge < -0.3 is 15.4 Å². The average Bonchev–Trinajstić information content (AvgIpc) is 2.67. The van der Waals surface area contributed by atoms with Crippen molar-refractivity contribution in [1.82, 2.24) is 4.72 Å². The lowest BCUT2D eigenvalue weighted by molar-refractivity contribution is -0.116. The normalized spacial score (nSPS) is 10.8. The zero-order chi connectivity index (χ0) is 20.6. The van der Waals surface area contributed by atoms with Crippen molar-refractivity contribution in [2.45, 2.75) is 31.1 Å². The fourth-order valence-electron chi connectivity index (χ4n) is 2.29. The molecule has 0 bridgehead atoms. The number of hydrogen-bond acceptors (Lipinski definition) is 5. The van der Waals surface area contributed by atoms with E-state index in [1.54, 1.807) is 24.3 Å². The maximum Gasteiger partial charge on any atom is 0.333 e. The molecule has 150 valence electrons. The number of nitrogens with one attached hydrogen (secondary N) is 3. The number of anilines is 2. The summed E-state index contributed by atoms with van der Waals surface area (Å²) < 4.78 is 31.4. The Morgan fingerprint density at radius 1 is 0.929 bits per heavy atom. The van der Waals surface area contributed by atoms with Crippen LogP contribution in [0.25, 0.3) is 0 Å². The van der Waals surface area contributed by atoms with Crippen LogP contribution >= 0.6 is 0 Å². The van der Waals surface area contributed by atoms with E-state index in [-0.39, 0.29) is 10.8 Å². The minimum Gasteiger partial charge on any atom is -0.497 e. The number of amides is 3. The smallest absolute Gasteiger partial charge is 0.333 e. The Morgan fingerprint density at radius 2 is 1.50 bits per heavy atom. The highest BCUT2D eigenvalue weighted by atomic mass is 32.2. The molecule has 28 heavy (non-hydrogen) atoms. The van der Waals surface area contributed by atoms with E-state index < -0.39 is 16.1 Å². The molecule has 3 N–H and O–H groups in total. The van der Waals surface area contributed by atoms with Crippen LogP contribution in [0.1, 0.15) is 26.2 Å². The molecule has 0 saturated carbocycles. The zero-order valence-electron chi connectivity index (χ0n) is 15.7. The molecule has 0 aliphatic heterocycles. The van der Waals surface area contributed by atoms with Crippen molar-refractivity contribution < 1.29 is 22.7 Å². The second kappa shape index (κ2) is 9.75. The van der Waals surface area contributed by atoms with Crippen LogP contribution in [0, 0.1) is 0 Å². The van der Waals surface area contributed by atoms with Crippen molar-refractivity contribution in [2.24, 2.45) is 0 Å². The third-order valence-corrected chi connectivity index (χ3v) is 5.13. The first-order valence-electron chi connectivity index (χ1n) is 8.72. The molecule has 0 aliphatic rings. The fourth-order valence-corrected chi connectivity index (χ4v) is 3.20. The summed E-state index contributed by atoms with van der Waals surface area (Å²) in [6.07, 6.45) is 2.20.